The Morgan fingerprint density at radius 2 is 1.12 bits per heavy atom. The average molecular weight is 389 g/mol. The molecule has 138 valence electrons. The lowest BCUT2D eigenvalue weighted by Crippen LogP contribution is -2.24. The van der Waals surface area contributed by atoms with E-state index in [1.165, 1.54) is 21.6 Å². The molecule has 0 aliphatic rings. The van der Waals surface area contributed by atoms with E-state index in [1.54, 1.807) is 0 Å². The van der Waals surface area contributed by atoms with E-state index in [0.29, 0.717) is 24.2 Å². The molecule has 0 aliphatic carbocycles. The van der Waals surface area contributed by atoms with Crippen molar-refractivity contribution in [3.05, 3.63) is 59.7 Å². The van der Waals surface area contributed by atoms with E-state index in [2.05, 4.69) is 10.6 Å². The summed E-state index contributed by atoms with van der Waals surface area (Å²) in [5.74, 6) is -0.131. The van der Waals surface area contributed by atoms with Crippen LogP contribution in [0.3, 0.4) is 0 Å². The van der Waals surface area contributed by atoms with Crippen LogP contribution in [-0.2, 0) is 0 Å². The lowest BCUT2D eigenvalue weighted by atomic mass is 10.2. The number of amides is 2. The summed E-state index contributed by atoms with van der Waals surface area (Å²) in [5.41, 5.74) is 1.32. The highest BCUT2D eigenvalue weighted by Crippen LogP contribution is 2.40. The fourth-order valence-corrected chi connectivity index (χ4v) is 4.57. The number of benzene rings is 2. The van der Waals surface area contributed by atoms with Crippen LogP contribution in [0.5, 0.6) is 0 Å². The molecule has 0 saturated carbocycles. The van der Waals surface area contributed by atoms with Gasteiger partial charge in [-0.2, -0.15) is 0 Å². The molecule has 4 nitrogen and oxygen atoms in total. The molecule has 2 rings (SSSR count). The van der Waals surface area contributed by atoms with Crippen LogP contribution in [0.25, 0.3) is 0 Å². The standard InChI is InChI=1S/C20H24N2O2S2/c1-3-13-21-19(23)15-9-5-7-11-17(15)25-26-18-12-8-6-10-16(18)20(24)22-14-4-2/h5-12H,3-4,13-14H2,1-2H3,(H,21,23)(H,22,24). The maximum atomic E-state index is 12.3. The van der Waals surface area contributed by atoms with E-state index in [4.69, 9.17) is 0 Å². The van der Waals surface area contributed by atoms with Crippen LogP contribution < -0.4 is 10.6 Å². The van der Waals surface area contributed by atoms with Gasteiger partial charge in [0.15, 0.2) is 0 Å². The molecule has 0 atom stereocenters. The van der Waals surface area contributed by atoms with Gasteiger partial charge in [-0.15, -0.1) is 0 Å². The number of hydrogen-bond acceptors (Lipinski definition) is 4. The number of carbonyl (C=O) groups is 2. The van der Waals surface area contributed by atoms with Gasteiger partial charge in [-0.3, -0.25) is 9.59 Å². The average Bonchev–Trinajstić information content (AvgIpc) is 2.69. The zero-order chi connectivity index (χ0) is 18.8. The molecule has 26 heavy (non-hydrogen) atoms. The lowest BCUT2D eigenvalue weighted by Gasteiger charge is -2.11. The van der Waals surface area contributed by atoms with Crippen LogP contribution >= 0.6 is 21.6 Å². The van der Waals surface area contributed by atoms with Gasteiger partial charge >= 0.3 is 0 Å². The van der Waals surface area contributed by atoms with Crippen molar-refractivity contribution >= 4 is 33.4 Å². The minimum atomic E-state index is -0.0653. The van der Waals surface area contributed by atoms with Gasteiger partial charge < -0.3 is 10.6 Å². The summed E-state index contributed by atoms with van der Waals surface area (Å²) in [6, 6.07) is 15.1. The summed E-state index contributed by atoms with van der Waals surface area (Å²) < 4.78 is 0. The molecule has 0 radical (unpaired) electrons. The quantitative estimate of drug-likeness (QED) is 0.608. The second-order valence-electron chi connectivity index (χ2n) is 5.67. The molecule has 0 unspecified atom stereocenters. The molecule has 0 aliphatic heterocycles. The first-order chi connectivity index (χ1) is 12.7. The van der Waals surface area contributed by atoms with Gasteiger partial charge in [0.05, 0.1) is 11.1 Å². The van der Waals surface area contributed by atoms with Crippen LogP contribution in [-0.4, -0.2) is 24.9 Å². The SMILES string of the molecule is CCCNC(=O)c1ccccc1SSc1ccccc1C(=O)NCCC. The summed E-state index contributed by atoms with van der Waals surface area (Å²) in [7, 11) is 2.99. The van der Waals surface area contributed by atoms with Crippen molar-refractivity contribution in [1.29, 1.82) is 0 Å². The van der Waals surface area contributed by atoms with Gasteiger partial charge in [0, 0.05) is 22.9 Å². The molecule has 0 bridgehead atoms. The first-order valence-electron chi connectivity index (χ1n) is 8.76. The van der Waals surface area contributed by atoms with Crippen molar-refractivity contribution < 1.29 is 9.59 Å². The molecule has 2 amide bonds. The number of hydrogen-bond donors (Lipinski definition) is 2. The minimum Gasteiger partial charge on any atom is -0.352 e. The highest BCUT2D eigenvalue weighted by Gasteiger charge is 2.14. The van der Waals surface area contributed by atoms with Crippen LogP contribution in [0.2, 0.25) is 0 Å². The summed E-state index contributed by atoms with van der Waals surface area (Å²) in [4.78, 5) is 26.4. The Kier molecular flexibility index (Phi) is 8.58. The van der Waals surface area contributed by atoms with Gasteiger partial charge in [0.1, 0.15) is 0 Å². The van der Waals surface area contributed by atoms with Crippen molar-refractivity contribution in [2.75, 3.05) is 13.1 Å². The zero-order valence-electron chi connectivity index (χ0n) is 15.1. The van der Waals surface area contributed by atoms with E-state index >= 15 is 0 Å². The maximum absolute atomic E-state index is 12.3. The van der Waals surface area contributed by atoms with Crippen molar-refractivity contribution in [3.63, 3.8) is 0 Å². The predicted octanol–water partition coefficient (Wildman–Crippen LogP) is 4.77. The van der Waals surface area contributed by atoms with Crippen LogP contribution in [0.4, 0.5) is 0 Å². The Morgan fingerprint density at radius 3 is 1.50 bits per heavy atom. The topological polar surface area (TPSA) is 58.2 Å². The minimum absolute atomic E-state index is 0.0653. The summed E-state index contributed by atoms with van der Waals surface area (Å²) in [5, 5.41) is 5.83. The maximum Gasteiger partial charge on any atom is 0.252 e. The number of carbonyl (C=O) groups excluding carboxylic acids is 2. The third-order valence-electron chi connectivity index (χ3n) is 3.56. The van der Waals surface area contributed by atoms with E-state index < -0.39 is 0 Å². The summed E-state index contributed by atoms with van der Waals surface area (Å²) >= 11 is 0. The molecule has 6 heteroatoms. The van der Waals surface area contributed by atoms with Crippen molar-refractivity contribution in [2.45, 2.75) is 36.5 Å². The highest BCUT2D eigenvalue weighted by molar-refractivity contribution is 8.76. The molecule has 0 spiro atoms. The van der Waals surface area contributed by atoms with Gasteiger partial charge in [-0.25, -0.2) is 0 Å². The Balaban J connectivity index is 2.12. The summed E-state index contributed by atoms with van der Waals surface area (Å²) in [6.45, 7) is 5.37. The Labute approximate surface area is 162 Å². The van der Waals surface area contributed by atoms with E-state index in [0.717, 1.165) is 22.6 Å². The lowest BCUT2D eigenvalue weighted by molar-refractivity contribution is 0.0942. The Hall–Kier alpha value is -1.92. The van der Waals surface area contributed by atoms with E-state index in [9.17, 15) is 9.59 Å². The van der Waals surface area contributed by atoms with Crippen molar-refractivity contribution in [1.82, 2.24) is 10.6 Å². The van der Waals surface area contributed by atoms with Crippen molar-refractivity contribution in [2.24, 2.45) is 0 Å². The number of nitrogens with one attached hydrogen (secondary N) is 2. The molecule has 2 aromatic rings. The molecular weight excluding hydrogens is 364 g/mol. The fourth-order valence-electron chi connectivity index (χ4n) is 2.21. The monoisotopic (exact) mass is 388 g/mol. The van der Waals surface area contributed by atoms with Crippen LogP contribution in [0, 0.1) is 0 Å². The molecule has 0 saturated heterocycles. The molecule has 0 heterocycles. The first-order valence-corrected chi connectivity index (χ1v) is 10.9. The van der Waals surface area contributed by atoms with Crippen molar-refractivity contribution in [3.8, 4) is 0 Å². The molecule has 2 N–H and O–H groups in total. The second kappa shape index (κ2) is 10.9. The Bertz CT molecular complexity index is 687. The predicted molar refractivity (Wildman–Crippen MR) is 110 cm³/mol. The van der Waals surface area contributed by atoms with E-state index in [-0.39, 0.29) is 11.8 Å². The fraction of sp³-hybridized carbons (Fsp3) is 0.300. The third-order valence-corrected chi connectivity index (χ3v) is 6.04. The van der Waals surface area contributed by atoms with Gasteiger partial charge in [0.25, 0.3) is 11.8 Å². The third kappa shape index (κ3) is 5.81. The highest BCUT2D eigenvalue weighted by atomic mass is 33.1. The normalized spacial score (nSPS) is 10.4. The molecule has 2 aromatic carbocycles. The van der Waals surface area contributed by atoms with Gasteiger partial charge in [-0.1, -0.05) is 59.7 Å². The molecule has 0 aromatic heterocycles. The molecular formula is C20H24N2O2S2. The van der Waals surface area contributed by atoms with Crippen LogP contribution in [0.15, 0.2) is 58.3 Å². The summed E-state index contributed by atoms with van der Waals surface area (Å²) in [6.07, 6.45) is 1.80. The Morgan fingerprint density at radius 1 is 0.731 bits per heavy atom. The first kappa shape index (κ1) is 20.4. The van der Waals surface area contributed by atoms with Gasteiger partial charge in [0.2, 0.25) is 0 Å². The zero-order valence-corrected chi connectivity index (χ0v) is 16.7. The smallest absolute Gasteiger partial charge is 0.252 e. The number of rotatable bonds is 9. The largest absolute Gasteiger partial charge is 0.352 e. The van der Waals surface area contributed by atoms with Crippen LogP contribution in [0.1, 0.15) is 47.4 Å². The second-order valence-corrected chi connectivity index (χ2v) is 7.88. The molecule has 0 fully saturated rings. The van der Waals surface area contributed by atoms with E-state index in [1.807, 2.05) is 62.4 Å². The van der Waals surface area contributed by atoms with Gasteiger partial charge in [-0.05, 0) is 37.1 Å².